The third kappa shape index (κ3) is 3.51. The summed E-state index contributed by atoms with van der Waals surface area (Å²) in [4.78, 5) is 4.29. The highest BCUT2D eigenvalue weighted by Crippen LogP contribution is 2.60. The van der Waals surface area contributed by atoms with E-state index in [0.29, 0.717) is 10.0 Å². The van der Waals surface area contributed by atoms with Crippen molar-refractivity contribution >= 4 is 46.7 Å². The Morgan fingerprint density at radius 2 is 2.00 bits per heavy atom. The van der Waals surface area contributed by atoms with Crippen molar-refractivity contribution in [3.05, 3.63) is 63.9 Å². The maximum atomic E-state index is 12.3. The van der Waals surface area contributed by atoms with Crippen LogP contribution >= 0.6 is 46.7 Å². The number of halogens is 2. The topological polar surface area (TPSA) is 33.1 Å². The molecule has 2 unspecified atom stereocenters. The zero-order valence-electron chi connectivity index (χ0n) is 14.9. The van der Waals surface area contributed by atoms with E-state index in [2.05, 4.69) is 18.8 Å². The second-order valence-corrected chi connectivity index (χ2v) is 10.4. The van der Waals surface area contributed by atoms with Crippen molar-refractivity contribution in [2.45, 2.75) is 42.3 Å². The zero-order valence-corrected chi connectivity index (χ0v) is 18.1. The van der Waals surface area contributed by atoms with E-state index in [0.717, 1.165) is 35.5 Å². The minimum Gasteiger partial charge on any atom is -0.382 e. The van der Waals surface area contributed by atoms with E-state index in [1.54, 1.807) is 18.5 Å². The van der Waals surface area contributed by atoms with E-state index < -0.39 is 5.60 Å². The highest BCUT2D eigenvalue weighted by Gasteiger charge is 2.56. The van der Waals surface area contributed by atoms with Gasteiger partial charge < -0.3 is 5.11 Å². The maximum absolute atomic E-state index is 12.3. The Balaban J connectivity index is 2.17. The highest BCUT2D eigenvalue weighted by atomic mass is 35.5. The van der Waals surface area contributed by atoms with Crippen LogP contribution in [0.4, 0.5) is 0 Å². The first kappa shape index (κ1) is 20.3. The van der Waals surface area contributed by atoms with Crippen molar-refractivity contribution in [1.29, 1.82) is 0 Å². The second-order valence-electron chi connectivity index (χ2n) is 6.55. The summed E-state index contributed by atoms with van der Waals surface area (Å²) in [6, 6.07) is 9.37. The molecular formula is C20H23Cl2NOS2. The smallest absolute Gasteiger partial charge is 0.121 e. The van der Waals surface area contributed by atoms with E-state index in [1.807, 2.05) is 47.8 Å². The lowest BCUT2D eigenvalue weighted by Crippen LogP contribution is -2.51. The number of hydrogen-bond acceptors (Lipinski definition) is 4. The number of benzene rings is 1. The predicted octanol–water partition coefficient (Wildman–Crippen LogP) is 6.36. The van der Waals surface area contributed by atoms with Crippen molar-refractivity contribution in [3.8, 4) is 0 Å². The number of thioether (sulfide) groups is 2. The quantitative estimate of drug-likeness (QED) is 0.601. The van der Waals surface area contributed by atoms with Crippen LogP contribution in [0.25, 0.3) is 0 Å². The molecule has 1 N–H and O–H groups in total. The van der Waals surface area contributed by atoms with Gasteiger partial charge in [-0.3, -0.25) is 4.98 Å². The molecule has 1 aromatic carbocycles. The van der Waals surface area contributed by atoms with Gasteiger partial charge in [-0.2, -0.15) is 0 Å². The molecule has 6 heteroatoms. The first-order valence-electron chi connectivity index (χ1n) is 8.80. The van der Waals surface area contributed by atoms with Gasteiger partial charge >= 0.3 is 0 Å². The zero-order chi connectivity index (χ0) is 18.8. The third-order valence-corrected chi connectivity index (χ3v) is 9.55. The van der Waals surface area contributed by atoms with Gasteiger partial charge in [0, 0.05) is 33.9 Å². The molecule has 1 saturated heterocycles. The van der Waals surface area contributed by atoms with Gasteiger partial charge in [0.1, 0.15) is 5.60 Å². The van der Waals surface area contributed by atoms with Crippen LogP contribution in [0, 0.1) is 0 Å². The van der Waals surface area contributed by atoms with Crippen LogP contribution in [0.2, 0.25) is 10.0 Å². The largest absolute Gasteiger partial charge is 0.382 e. The molecule has 3 rings (SSSR count). The monoisotopic (exact) mass is 427 g/mol. The summed E-state index contributed by atoms with van der Waals surface area (Å²) in [5.74, 6) is 1.88. The lowest BCUT2D eigenvalue weighted by atomic mass is 9.75. The van der Waals surface area contributed by atoms with E-state index in [9.17, 15) is 5.11 Å². The van der Waals surface area contributed by atoms with Gasteiger partial charge in [-0.1, -0.05) is 49.2 Å². The van der Waals surface area contributed by atoms with Crippen LogP contribution in [-0.4, -0.2) is 25.7 Å². The van der Waals surface area contributed by atoms with Gasteiger partial charge in [0.25, 0.3) is 0 Å². The predicted molar refractivity (Wildman–Crippen MR) is 116 cm³/mol. The summed E-state index contributed by atoms with van der Waals surface area (Å²) in [7, 11) is 0. The van der Waals surface area contributed by atoms with Crippen molar-refractivity contribution in [2.75, 3.05) is 11.5 Å². The Morgan fingerprint density at radius 1 is 1.27 bits per heavy atom. The number of aromatic nitrogens is 1. The molecule has 0 bridgehead atoms. The molecule has 1 aliphatic rings. The molecular weight excluding hydrogens is 405 g/mol. The number of hydrogen-bond donors (Lipinski definition) is 1. The van der Waals surface area contributed by atoms with Crippen molar-refractivity contribution in [1.82, 2.24) is 4.98 Å². The van der Waals surface area contributed by atoms with Gasteiger partial charge in [-0.05, 0) is 48.1 Å². The van der Waals surface area contributed by atoms with E-state index in [-0.39, 0.29) is 10.00 Å². The second kappa shape index (κ2) is 8.32. The molecule has 2 aromatic rings. The lowest BCUT2D eigenvalue weighted by Gasteiger charge is -2.51. The molecule has 0 saturated carbocycles. The molecule has 2 nitrogen and oxygen atoms in total. The van der Waals surface area contributed by atoms with Crippen LogP contribution < -0.4 is 0 Å². The summed E-state index contributed by atoms with van der Waals surface area (Å²) in [5, 5.41) is 13.5. The summed E-state index contributed by atoms with van der Waals surface area (Å²) < 4.78 is -0.351. The molecule has 0 radical (unpaired) electrons. The van der Waals surface area contributed by atoms with Crippen LogP contribution in [0.15, 0.2) is 42.7 Å². The molecule has 2 atom stereocenters. The van der Waals surface area contributed by atoms with Gasteiger partial charge in [0.15, 0.2) is 0 Å². The molecule has 140 valence electrons. The SMILES string of the molecule is CCC1(C(O)(c2cccnc2)C(C)c2ccc(Cl)cc2Cl)SCCCS1. The first-order chi connectivity index (χ1) is 12.4. The summed E-state index contributed by atoms with van der Waals surface area (Å²) in [5.41, 5.74) is 0.632. The standard InChI is InChI=1S/C20H23Cl2NOS2/c1-3-19(25-10-5-11-26-19)20(24,15-6-4-9-23-13-15)14(2)17-8-7-16(21)12-18(17)22/h4,6-9,12-14,24H,3,5,10-11H2,1-2H3. The van der Waals surface area contributed by atoms with Crippen molar-refractivity contribution in [2.24, 2.45) is 0 Å². The Bertz CT molecular complexity index is 753. The number of rotatable bonds is 5. The lowest BCUT2D eigenvalue weighted by molar-refractivity contribution is -0.00140. The highest BCUT2D eigenvalue weighted by molar-refractivity contribution is 8.18. The van der Waals surface area contributed by atoms with Crippen molar-refractivity contribution in [3.63, 3.8) is 0 Å². The van der Waals surface area contributed by atoms with Gasteiger partial charge in [0.05, 0.1) is 4.08 Å². The average molecular weight is 428 g/mol. The van der Waals surface area contributed by atoms with E-state index >= 15 is 0 Å². The maximum Gasteiger partial charge on any atom is 0.121 e. The molecule has 1 aromatic heterocycles. The number of nitrogens with zero attached hydrogens (tertiary/aromatic N) is 1. The molecule has 0 spiro atoms. The van der Waals surface area contributed by atoms with Gasteiger partial charge in [0.2, 0.25) is 0 Å². The summed E-state index contributed by atoms with van der Waals surface area (Å²) in [6.07, 6.45) is 5.54. The molecule has 0 aliphatic carbocycles. The Hall–Kier alpha value is -0.390. The van der Waals surface area contributed by atoms with Crippen LogP contribution in [0.5, 0.6) is 0 Å². The first-order valence-corrected chi connectivity index (χ1v) is 11.5. The third-order valence-electron chi connectivity index (χ3n) is 5.16. The van der Waals surface area contributed by atoms with E-state index in [1.165, 1.54) is 0 Å². The molecule has 1 aliphatic heterocycles. The van der Waals surface area contributed by atoms with Crippen molar-refractivity contribution < 1.29 is 5.11 Å². The molecule has 0 amide bonds. The average Bonchev–Trinajstić information content (AvgIpc) is 2.68. The minimum atomic E-state index is -1.11. The number of pyridine rings is 1. The summed E-state index contributed by atoms with van der Waals surface area (Å²) >= 11 is 16.3. The van der Waals surface area contributed by atoms with Crippen LogP contribution in [-0.2, 0) is 5.60 Å². The minimum absolute atomic E-state index is 0.213. The van der Waals surface area contributed by atoms with Gasteiger partial charge in [-0.15, -0.1) is 23.5 Å². The fraction of sp³-hybridized carbons (Fsp3) is 0.450. The molecule has 2 heterocycles. The van der Waals surface area contributed by atoms with Gasteiger partial charge in [-0.25, -0.2) is 0 Å². The molecule has 26 heavy (non-hydrogen) atoms. The van der Waals surface area contributed by atoms with Crippen LogP contribution in [0.1, 0.15) is 43.7 Å². The Kier molecular flexibility index (Phi) is 6.51. The van der Waals surface area contributed by atoms with Crippen LogP contribution in [0.3, 0.4) is 0 Å². The Morgan fingerprint density at radius 3 is 2.58 bits per heavy atom. The number of aliphatic hydroxyl groups is 1. The van der Waals surface area contributed by atoms with E-state index in [4.69, 9.17) is 23.2 Å². The summed E-state index contributed by atoms with van der Waals surface area (Å²) in [6.45, 7) is 4.21. The fourth-order valence-corrected chi connectivity index (χ4v) is 8.00. The molecule has 1 fully saturated rings. The fourth-order valence-electron chi connectivity index (χ4n) is 3.73. The normalized spacial score (nSPS) is 20.3. The Labute approximate surface area is 174 Å².